The number of carbonyl (C=O) groups excluding carboxylic acids is 1. The Morgan fingerprint density at radius 3 is 2.91 bits per heavy atom. The van der Waals surface area contributed by atoms with E-state index in [-0.39, 0.29) is 24.0 Å². The van der Waals surface area contributed by atoms with Crippen LogP contribution in [-0.2, 0) is 16.6 Å². The van der Waals surface area contributed by atoms with Crippen molar-refractivity contribution >= 4 is 5.91 Å². The molecule has 2 fully saturated rings. The number of rotatable bonds is 4. The standard InChI is InChI=1S/C18H21N3O2/c1-21-9-8-19-17(21)16-15(7-10-23-16)20-18(22)14-11-13(14)12-5-3-2-4-6-12/h2-6,8-9,13-16H,7,10-11H2,1H3,(H,20,22)/t13-,14+,15-,16-/m0/s1. The van der Waals surface area contributed by atoms with Crippen molar-refractivity contribution in [3.8, 4) is 0 Å². The molecule has 4 atom stereocenters. The summed E-state index contributed by atoms with van der Waals surface area (Å²) in [5.74, 6) is 1.49. The highest BCUT2D eigenvalue weighted by Gasteiger charge is 2.45. The highest BCUT2D eigenvalue weighted by molar-refractivity contribution is 5.83. The zero-order valence-electron chi connectivity index (χ0n) is 13.2. The Morgan fingerprint density at radius 1 is 1.35 bits per heavy atom. The molecule has 1 aliphatic heterocycles. The fraction of sp³-hybridized carbons (Fsp3) is 0.444. The summed E-state index contributed by atoms with van der Waals surface area (Å²) in [5.41, 5.74) is 1.26. The van der Waals surface area contributed by atoms with Gasteiger partial charge in [-0.2, -0.15) is 0 Å². The van der Waals surface area contributed by atoms with E-state index in [0.29, 0.717) is 12.5 Å². The highest BCUT2D eigenvalue weighted by Crippen LogP contribution is 2.47. The molecule has 5 heteroatoms. The van der Waals surface area contributed by atoms with Gasteiger partial charge in [-0.3, -0.25) is 4.79 Å². The summed E-state index contributed by atoms with van der Waals surface area (Å²) < 4.78 is 7.76. The molecule has 0 radical (unpaired) electrons. The maximum absolute atomic E-state index is 12.6. The molecule has 1 aromatic heterocycles. The van der Waals surface area contributed by atoms with Crippen molar-refractivity contribution in [2.75, 3.05) is 6.61 Å². The number of amides is 1. The van der Waals surface area contributed by atoms with Crippen LogP contribution < -0.4 is 5.32 Å². The Balaban J connectivity index is 1.40. The van der Waals surface area contributed by atoms with Crippen molar-refractivity contribution in [1.82, 2.24) is 14.9 Å². The summed E-state index contributed by atoms with van der Waals surface area (Å²) in [6.07, 6.45) is 5.31. The number of carbonyl (C=O) groups is 1. The third kappa shape index (κ3) is 2.77. The van der Waals surface area contributed by atoms with Crippen LogP contribution in [0.1, 0.15) is 36.3 Å². The molecule has 4 rings (SSSR count). The molecule has 0 unspecified atom stereocenters. The second-order valence-electron chi connectivity index (χ2n) is 6.45. The summed E-state index contributed by atoms with van der Waals surface area (Å²) in [4.78, 5) is 16.9. The topological polar surface area (TPSA) is 56.1 Å². The number of nitrogens with zero attached hydrogens (tertiary/aromatic N) is 2. The maximum atomic E-state index is 12.6. The molecule has 1 aliphatic carbocycles. The van der Waals surface area contributed by atoms with Crippen LogP contribution >= 0.6 is 0 Å². The summed E-state index contributed by atoms with van der Waals surface area (Å²) in [6, 6.07) is 10.3. The molecule has 120 valence electrons. The first-order valence-electron chi connectivity index (χ1n) is 8.18. The van der Waals surface area contributed by atoms with Crippen LogP contribution in [0.5, 0.6) is 0 Å². The van der Waals surface area contributed by atoms with E-state index in [9.17, 15) is 4.79 Å². The van der Waals surface area contributed by atoms with Crippen LogP contribution in [0.25, 0.3) is 0 Å². The van der Waals surface area contributed by atoms with Gasteiger partial charge in [-0.25, -0.2) is 4.98 Å². The van der Waals surface area contributed by atoms with Gasteiger partial charge in [-0.15, -0.1) is 0 Å². The van der Waals surface area contributed by atoms with Gasteiger partial charge in [0.1, 0.15) is 11.9 Å². The summed E-state index contributed by atoms with van der Waals surface area (Å²) in [7, 11) is 1.95. The number of imidazole rings is 1. The minimum Gasteiger partial charge on any atom is -0.368 e. The number of aromatic nitrogens is 2. The first kappa shape index (κ1) is 14.5. The molecule has 2 heterocycles. The predicted molar refractivity (Wildman–Crippen MR) is 85.7 cm³/mol. The molecule has 2 aliphatic rings. The van der Waals surface area contributed by atoms with Crippen LogP contribution in [0.4, 0.5) is 0 Å². The summed E-state index contributed by atoms with van der Waals surface area (Å²) >= 11 is 0. The lowest BCUT2D eigenvalue weighted by molar-refractivity contribution is -0.123. The molecule has 1 N–H and O–H groups in total. The highest BCUT2D eigenvalue weighted by atomic mass is 16.5. The number of ether oxygens (including phenoxy) is 1. The van der Waals surface area contributed by atoms with Gasteiger partial charge in [0.05, 0.1) is 6.04 Å². The van der Waals surface area contributed by atoms with Crippen LogP contribution in [-0.4, -0.2) is 28.1 Å². The lowest BCUT2D eigenvalue weighted by Crippen LogP contribution is -2.38. The van der Waals surface area contributed by atoms with Gasteiger partial charge in [-0.1, -0.05) is 30.3 Å². The van der Waals surface area contributed by atoms with E-state index in [1.807, 2.05) is 36.0 Å². The average molecular weight is 311 g/mol. The lowest BCUT2D eigenvalue weighted by atomic mass is 10.1. The average Bonchev–Trinajstić information content (AvgIpc) is 3.08. The molecule has 2 aromatic rings. The van der Waals surface area contributed by atoms with Crippen molar-refractivity contribution in [2.24, 2.45) is 13.0 Å². The van der Waals surface area contributed by atoms with E-state index in [0.717, 1.165) is 18.7 Å². The van der Waals surface area contributed by atoms with E-state index in [4.69, 9.17) is 4.74 Å². The summed E-state index contributed by atoms with van der Waals surface area (Å²) in [5, 5.41) is 3.19. The van der Waals surface area contributed by atoms with Crippen LogP contribution in [0.15, 0.2) is 42.7 Å². The predicted octanol–water partition coefficient (Wildman–Crippen LogP) is 2.17. The van der Waals surface area contributed by atoms with E-state index < -0.39 is 0 Å². The quantitative estimate of drug-likeness (QED) is 0.941. The van der Waals surface area contributed by atoms with Crippen molar-refractivity contribution in [2.45, 2.75) is 30.9 Å². The second-order valence-corrected chi connectivity index (χ2v) is 6.45. The number of hydrogen-bond donors (Lipinski definition) is 1. The molecule has 1 saturated carbocycles. The maximum Gasteiger partial charge on any atom is 0.224 e. The second kappa shape index (κ2) is 5.81. The lowest BCUT2D eigenvalue weighted by Gasteiger charge is -2.19. The number of aryl methyl sites for hydroxylation is 1. The van der Waals surface area contributed by atoms with Gasteiger partial charge in [0.15, 0.2) is 0 Å². The fourth-order valence-electron chi connectivity index (χ4n) is 3.49. The molecule has 1 amide bonds. The zero-order valence-corrected chi connectivity index (χ0v) is 13.2. The van der Waals surface area contributed by atoms with Crippen molar-refractivity contribution < 1.29 is 9.53 Å². The Kier molecular flexibility index (Phi) is 3.65. The molecule has 1 aromatic carbocycles. The third-order valence-electron chi connectivity index (χ3n) is 4.89. The summed E-state index contributed by atoms with van der Waals surface area (Å²) in [6.45, 7) is 0.662. The van der Waals surface area contributed by atoms with E-state index in [1.54, 1.807) is 6.20 Å². The van der Waals surface area contributed by atoms with Crippen molar-refractivity contribution in [3.63, 3.8) is 0 Å². The Hall–Kier alpha value is -2.14. The van der Waals surface area contributed by atoms with Gasteiger partial charge in [0.2, 0.25) is 5.91 Å². The van der Waals surface area contributed by atoms with Gasteiger partial charge in [-0.05, 0) is 24.3 Å². The van der Waals surface area contributed by atoms with E-state index in [1.165, 1.54) is 5.56 Å². The molecular weight excluding hydrogens is 290 g/mol. The normalized spacial score (nSPS) is 29.4. The largest absolute Gasteiger partial charge is 0.368 e. The smallest absolute Gasteiger partial charge is 0.224 e. The Morgan fingerprint density at radius 2 is 2.17 bits per heavy atom. The number of hydrogen-bond acceptors (Lipinski definition) is 3. The van der Waals surface area contributed by atoms with Crippen LogP contribution in [0.3, 0.4) is 0 Å². The minimum absolute atomic E-state index is 0.0145. The monoisotopic (exact) mass is 311 g/mol. The van der Waals surface area contributed by atoms with Crippen LogP contribution in [0, 0.1) is 5.92 Å². The molecular formula is C18H21N3O2. The molecule has 0 bridgehead atoms. The first-order valence-corrected chi connectivity index (χ1v) is 8.18. The number of benzene rings is 1. The first-order chi connectivity index (χ1) is 11.2. The van der Waals surface area contributed by atoms with Crippen molar-refractivity contribution in [3.05, 3.63) is 54.1 Å². The molecule has 0 spiro atoms. The van der Waals surface area contributed by atoms with Gasteiger partial charge in [0.25, 0.3) is 0 Å². The van der Waals surface area contributed by atoms with E-state index >= 15 is 0 Å². The number of nitrogens with one attached hydrogen (secondary N) is 1. The van der Waals surface area contributed by atoms with Crippen molar-refractivity contribution in [1.29, 1.82) is 0 Å². The SMILES string of the molecule is Cn1ccnc1[C@H]1OCC[C@@H]1NC(=O)[C@@H]1C[C@H]1c1ccccc1. The van der Waals surface area contributed by atoms with Gasteiger partial charge < -0.3 is 14.6 Å². The van der Waals surface area contributed by atoms with Gasteiger partial charge in [0, 0.05) is 32.0 Å². The molecule has 5 nitrogen and oxygen atoms in total. The Bertz CT molecular complexity index is 697. The minimum atomic E-state index is -0.145. The molecule has 1 saturated heterocycles. The van der Waals surface area contributed by atoms with Gasteiger partial charge >= 0.3 is 0 Å². The zero-order chi connectivity index (χ0) is 15.8. The third-order valence-corrected chi connectivity index (χ3v) is 4.89. The van der Waals surface area contributed by atoms with E-state index in [2.05, 4.69) is 22.4 Å². The molecule has 23 heavy (non-hydrogen) atoms. The van der Waals surface area contributed by atoms with Crippen LogP contribution in [0.2, 0.25) is 0 Å². The Labute approximate surface area is 135 Å². The fourth-order valence-corrected chi connectivity index (χ4v) is 3.49.